The van der Waals surface area contributed by atoms with E-state index in [1.54, 1.807) is 0 Å². The fourth-order valence-electron chi connectivity index (χ4n) is 3.76. The van der Waals surface area contributed by atoms with Gasteiger partial charge in [-0.1, -0.05) is 30.3 Å². The summed E-state index contributed by atoms with van der Waals surface area (Å²) in [6, 6.07) is 16.0. The molecule has 0 bridgehead atoms. The van der Waals surface area contributed by atoms with Gasteiger partial charge in [0.05, 0.1) is 13.2 Å². The van der Waals surface area contributed by atoms with Crippen molar-refractivity contribution >= 4 is 17.7 Å². The summed E-state index contributed by atoms with van der Waals surface area (Å²) in [5.41, 5.74) is 3.96. The molecule has 0 radical (unpaired) electrons. The van der Waals surface area contributed by atoms with Gasteiger partial charge in [0.15, 0.2) is 0 Å². The highest BCUT2D eigenvalue weighted by atomic mass is 16.5. The largest absolute Gasteiger partial charge is 0.449 e. The topological polar surface area (TPSA) is 58.6 Å². The summed E-state index contributed by atoms with van der Waals surface area (Å²) in [4.78, 5) is 26.2. The van der Waals surface area contributed by atoms with E-state index in [1.807, 2.05) is 41.3 Å². The Labute approximate surface area is 158 Å². The number of carbonyl (C=O) groups excluding carboxylic acids is 2. The van der Waals surface area contributed by atoms with E-state index in [0.29, 0.717) is 25.0 Å². The first-order valence-corrected chi connectivity index (χ1v) is 9.62. The number of hydrogen-bond acceptors (Lipinski definition) is 3. The van der Waals surface area contributed by atoms with Crippen molar-refractivity contribution in [2.75, 3.05) is 11.5 Å². The third-order valence-corrected chi connectivity index (χ3v) is 5.70. The molecule has 0 saturated heterocycles. The molecule has 2 atom stereocenters. The second kappa shape index (κ2) is 6.41. The lowest BCUT2D eigenvalue weighted by molar-refractivity contribution is 0.0996. The first-order chi connectivity index (χ1) is 13.2. The normalized spacial score (nSPS) is 23.1. The lowest BCUT2D eigenvalue weighted by Gasteiger charge is -2.16. The highest BCUT2D eigenvalue weighted by Crippen LogP contribution is 2.41. The van der Waals surface area contributed by atoms with Crippen LogP contribution in [0.1, 0.15) is 46.7 Å². The Bertz CT molecular complexity index is 889. The minimum absolute atomic E-state index is 0.0581. The highest BCUT2D eigenvalue weighted by Gasteiger charge is 2.40. The van der Waals surface area contributed by atoms with Gasteiger partial charge in [0.1, 0.15) is 0 Å². The fraction of sp³-hybridized carbons (Fsp3) is 0.364. The van der Waals surface area contributed by atoms with Crippen LogP contribution in [-0.2, 0) is 11.3 Å². The van der Waals surface area contributed by atoms with Crippen molar-refractivity contribution in [3.05, 3.63) is 65.2 Å². The van der Waals surface area contributed by atoms with Crippen LogP contribution < -0.4 is 10.2 Å². The molecule has 1 heterocycles. The molecular formula is C22H22N2O3. The van der Waals surface area contributed by atoms with Gasteiger partial charge in [0.2, 0.25) is 0 Å². The Kier molecular flexibility index (Phi) is 3.88. The smallest absolute Gasteiger partial charge is 0.407 e. The Hall–Kier alpha value is -2.82. The molecule has 1 N–H and O–H groups in total. The van der Waals surface area contributed by atoms with E-state index < -0.39 is 0 Å². The molecule has 0 aromatic heterocycles. The van der Waals surface area contributed by atoms with E-state index in [-0.39, 0.29) is 18.0 Å². The maximum Gasteiger partial charge on any atom is 0.407 e. The van der Waals surface area contributed by atoms with Gasteiger partial charge in [-0.25, -0.2) is 4.79 Å². The number of hydrogen-bond donors (Lipinski definition) is 1. The monoisotopic (exact) mass is 362 g/mol. The quantitative estimate of drug-likeness (QED) is 0.879. The molecule has 2 aromatic carbocycles. The van der Waals surface area contributed by atoms with E-state index >= 15 is 0 Å². The summed E-state index contributed by atoms with van der Waals surface area (Å²) in [5.74, 6) is 0.972. The lowest BCUT2D eigenvalue weighted by atomic mass is 10.1. The molecule has 2 aliphatic carbocycles. The number of ether oxygens (including phenoxy) is 1. The third-order valence-electron chi connectivity index (χ3n) is 5.70. The summed E-state index contributed by atoms with van der Waals surface area (Å²) in [5, 5.41) is 2.95. The number of alkyl carbamates (subject to hydrolysis) is 1. The molecule has 1 aliphatic heterocycles. The summed E-state index contributed by atoms with van der Waals surface area (Å²) in [6.45, 7) is 1.17. The standard InChI is InChI=1S/C22H22N2O3/c25-21-18-4-2-1-3-16(18)12-24(21)17-9-7-15(8-10-17)19-11-20(19)23-22(26)27-13-14-5-6-14/h1-4,7-10,14,19-20H,5-6,11-13H2,(H,23,26)/t19-,20+/m0/s1. The van der Waals surface area contributed by atoms with Gasteiger partial charge in [0.25, 0.3) is 5.91 Å². The highest BCUT2D eigenvalue weighted by molar-refractivity contribution is 6.09. The molecule has 2 fully saturated rings. The molecule has 5 rings (SSSR count). The molecule has 2 aromatic rings. The molecule has 2 saturated carbocycles. The molecule has 3 aliphatic rings. The zero-order valence-corrected chi connectivity index (χ0v) is 15.1. The van der Waals surface area contributed by atoms with Crippen molar-refractivity contribution in [1.29, 1.82) is 0 Å². The van der Waals surface area contributed by atoms with Crippen LogP contribution in [0.5, 0.6) is 0 Å². The predicted molar refractivity (Wildman–Crippen MR) is 102 cm³/mol. The number of amides is 2. The molecular weight excluding hydrogens is 340 g/mol. The number of rotatable bonds is 5. The zero-order chi connectivity index (χ0) is 18.4. The molecule has 0 unspecified atom stereocenters. The minimum Gasteiger partial charge on any atom is -0.449 e. The van der Waals surface area contributed by atoms with Crippen molar-refractivity contribution in [3.8, 4) is 0 Å². The van der Waals surface area contributed by atoms with E-state index in [4.69, 9.17) is 4.74 Å². The Morgan fingerprint density at radius 1 is 1.11 bits per heavy atom. The van der Waals surface area contributed by atoms with E-state index in [2.05, 4.69) is 17.4 Å². The van der Waals surface area contributed by atoms with Gasteiger partial charge in [0, 0.05) is 23.2 Å². The Morgan fingerprint density at radius 3 is 2.63 bits per heavy atom. The van der Waals surface area contributed by atoms with Gasteiger partial charge >= 0.3 is 6.09 Å². The number of anilines is 1. The van der Waals surface area contributed by atoms with Crippen molar-refractivity contribution < 1.29 is 14.3 Å². The van der Waals surface area contributed by atoms with Gasteiger partial charge in [-0.3, -0.25) is 4.79 Å². The van der Waals surface area contributed by atoms with Crippen LogP contribution in [-0.4, -0.2) is 24.6 Å². The van der Waals surface area contributed by atoms with Crippen LogP contribution in [0.15, 0.2) is 48.5 Å². The number of benzene rings is 2. The fourth-order valence-corrected chi connectivity index (χ4v) is 3.76. The van der Waals surface area contributed by atoms with Crippen LogP contribution in [0.25, 0.3) is 0 Å². The first kappa shape index (κ1) is 16.4. The van der Waals surface area contributed by atoms with E-state index in [9.17, 15) is 9.59 Å². The van der Waals surface area contributed by atoms with Crippen molar-refractivity contribution in [2.45, 2.75) is 37.8 Å². The van der Waals surface area contributed by atoms with Crippen LogP contribution in [0.3, 0.4) is 0 Å². The molecule has 5 heteroatoms. The maximum absolute atomic E-state index is 12.6. The van der Waals surface area contributed by atoms with Gasteiger partial charge < -0.3 is 15.0 Å². The minimum atomic E-state index is -0.300. The van der Waals surface area contributed by atoms with Crippen LogP contribution in [0, 0.1) is 5.92 Å². The van der Waals surface area contributed by atoms with Crippen molar-refractivity contribution in [3.63, 3.8) is 0 Å². The number of nitrogens with one attached hydrogen (secondary N) is 1. The number of fused-ring (bicyclic) bond motifs is 1. The van der Waals surface area contributed by atoms with E-state index in [0.717, 1.165) is 23.2 Å². The van der Waals surface area contributed by atoms with Crippen LogP contribution >= 0.6 is 0 Å². The average Bonchev–Trinajstić information content (AvgIpc) is 3.61. The molecule has 2 amide bonds. The zero-order valence-electron chi connectivity index (χ0n) is 15.1. The van der Waals surface area contributed by atoms with Crippen LogP contribution in [0.4, 0.5) is 10.5 Å². The van der Waals surface area contributed by atoms with Gasteiger partial charge in [-0.05, 0) is 54.5 Å². The van der Waals surface area contributed by atoms with Gasteiger partial charge in [-0.2, -0.15) is 0 Å². The summed E-state index contributed by atoms with van der Waals surface area (Å²) in [7, 11) is 0. The predicted octanol–water partition coefficient (Wildman–Crippen LogP) is 3.84. The second-order valence-electron chi connectivity index (χ2n) is 7.77. The Morgan fingerprint density at radius 2 is 1.89 bits per heavy atom. The van der Waals surface area contributed by atoms with E-state index in [1.165, 1.54) is 18.4 Å². The molecule has 138 valence electrons. The Balaban J connectivity index is 1.19. The second-order valence-corrected chi connectivity index (χ2v) is 7.77. The molecule has 0 spiro atoms. The lowest BCUT2D eigenvalue weighted by Crippen LogP contribution is -2.28. The average molecular weight is 362 g/mol. The molecule has 27 heavy (non-hydrogen) atoms. The summed E-state index contributed by atoms with van der Waals surface area (Å²) >= 11 is 0. The molecule has 5 nitrogen and oxygen atoms in total. The van der Waals surface area contributed by atoms with Crippen molar-refractivity contribution in [2.24, 2.45) is 5.92 Å². The summed E-state index contributed by atoms with van der Waals surface area (Å²) < 4.78 is 5.24. The number of carbonyl (C=O) groups is 2. The third kappa shape index (κ3) is 3.29. The van der Waals surface area contributed by atoms with Crippen LogP contribution in [0.2, 0.25) is 0 Å². The van der Waals surface area contributed by atoms with Gasteiger partial charge in [-0.15, -0.1) is 0 Å². The first-order valence-electron chi connectivity index (χ1n) is 9.62. The maximum atomic E-state index is 12.6. The van der Waals surface area contributed by atoms with Crippen molar-refractivity contribution in [1.82, 2.24) is 5.32 Å². The SMILES string of the molecule is O=C(N[C@@H]1C[C@H]1c1ccc(N2Cc3ccccc3C2=O)cc1)OCC1CC1. The summed E-state index contributed by atoms with van der Waals surface area (Å²) in [6.07, 6.45) is 2.99. The number of nitrogens with zero attached hydrogens (tertiary/aromatic N) is 1.